The van der Waals surface area contributed by atoms with Gasteiger partial charge in [0.05, 0.1) is 6.04 Å². The molecule has 6 nitrogen and oxygen atoms in total. The molecule has 124 valence electrons. The lowest BCUT2D eigenvalue weighted by atomic mass is 10.1. The highest BCUT2D eigenvalue weighted by atomic mass is 16.1. The standard InChI is InChI=1S/C17H25N5O/c1-5-22-17(18-12-19-22)13(2)20-16(23)11-8-14-6-9-15(10-7-14)21(3)4/h6-7,9-10,12-13H,5,8,11H2,1-4H3,(H,20,23). The van der Waals surface area contributed by atoms with Crippen LogP contribution < -0.4 is 10.2 Å². The predicted molar refractivity (Wildman–Crippen MR) is 91.3 cm³/mol. The maximum absolute atomic E-state index is 12.1. The van der Waals surface area contributed by atoms with Gasteiger partial charge in [-0.1, -0.05) is 12.1 Å². The van der Waals surface area contributed by atoms with Crippen LogP contribution in [0.15, 0.2) is 30.6 Å². The molecule has 23 heavy (non-hydrogen) atoms. The average molecular weight is 315 g/mol. The molecule has 2 rings (SSSR count). The molecule has 0 aliphatic heterocycles. The van der Waals surface area contributed by atoms with Gasteiger partial charge < -0.3 is 10.2 Å². The van der Waals surface area contributed by atoms with Crippen LogP contribution in [0.3, 0.4) is 0 Å². The molecule has 1 aromatic carbocycles. The Morgan fingerprint density at radius 1 is 1.30 bits per heavy atom. The van der Waals surface area contributed by atoms with E-state index in [2.05, 4.69) is 44.6 Å². The molecule has 1 N–H and O–H groups in total. The molecular weight excluding hydrogens is 290 g/mol. The van der Waals surface area contributed by atoms with E-state index < -0.39 is 0 Å². The van der Waals surface area contributed by atoms with Gasteiger partial charge in [-0.3, -0.25) is 4.79 Å². The molecule has 1 amide bonds. The lowest BCUT2D eigenvalue weighted by molar-refractivity contribution is -0.121. The third-order valence-corrected chi connectivity index (χ3v) is 3.80. The second-order valence-electron chi connectivity index (χ2n) is 5.78. The van der Waals surface area contributed by atoms with E-state index in [1.165, 1.54) is 6.33 Å². The molecule has 1 unspecified atom stereocenters. The van der Waals surface area contributed by atoms with Gasteiger partial charge in [-0.25, -0.2) is 9.67 Å². The number of rotatable bonds is 7. The first-order chi connectivity index (χ1) is 11.0. The van der Waals surface area contributed by atoms with Crippen molar-refractivity contribution in [2.75, 3.05) is 19.0 Å². The highest BCUT2D eigenvalue weighted by Gasteiger charge is 2.14. The summed E-state index contributed by atoms with van der Waals surface area (Å²) in [5.74, 6) is 0.816. The zero-order valence-corrected chi connectivity index (χ0v) is 14.3. The van der Waals surface area contributed by atoms with E-state index in [4.69, 9.17) is 0 Å². The van der Waals surface area contributed by atoms with Crippen molar-refractivity contribution in [2.45, 2.75) is 39.3 Å². The van der Waals surface area contributed by atoms with Gasteiger partial charge in [0, 0.05) is 32.7 Å². The molecule has 0 spiro atoms. The monoisotopic (exact) mass is 315 g/mol. The van der Waals surface area contributed by atoms with Crippen molar-refractivity contribution in [3.05, 3.63) is 42.0 Å². The number of carbonyl (C=O) groups excluding carboxylic acids is 1. The predicted octanol–water partition coefficient (Wildman–Crippen LogP) is 2.17. The quantitative estimate of drug-likeness (QED) is 0.850. The normalized spacial score (nSPS) is 12.0. The smallest absolute Gasteiger partial charge is 0.220 e. The maximum Gasteiger partial charge on any atom is 0.220 e. The van der Waals surface area contributed by atoms with Crippen molar-refractivity contribution in [3.63, 3.8) is 0 Å². The molecule has 6 heteroatoms. The Labute approximate surface area is 137 Å². The van der Waals surface area contributed by atoms with Gasteiger partial charge in [0.1, 0.15) is 12.2 Å². The van der Waals surface area contributed by atoms with E-state index in [0.717, 1.165) is 30.0 Å². The summed E-state index contributed by atoms with van der Waals surface area (Å²) < 4.78 is 1.80. The number of amides is 1. The van der Waals surface area contributed by atoms with E-state index in [9.17, 15) is 4.79 Å². The van der Waals surface area contributed by atoms with Crippen LogP contribution >= 0.6 is 0 Å². The number of hydrogen-bond acceptors (Lipinski definition) is 4. The molecule has 0 aliphatic carbocycles. The fourth-order valence-corrected chi connectivity index (χ4v) is 2.45. The Bertz CT molecular complexity index is 633. The number of nitrogens with zero attached hydrogens (tertiary/aromatic N) is 4. The number of anilines is 1. The van der Waals surface area contributed by atoms with Gasteiger partial charge in [0.15, 0.2) is 0 Å². The molecule has 0 fully saturated rings. The summed E-state index contributed by atoms with van der Waals surface area (Å²) in [5.41, 5.74) is 2.32. The van der Waals surface area contributed by atoms with E-state index in [0.29, 0.717) is 6.42 Å². The van der Waals surface area contributed by atoms with Gasteiger partial charge in [0.25, 0.3) is 0 Å². The molecule has 0 saturated carbocycles. The number of carbonyl (C=O) groups is 1. The molecule has 1 atom stereocenters. The van der Waals surface area contributed by atoms with Gasteiger partial charge in [-0.15, -0.1) is 0 Å². The Hall–Kier alpha value is -2.37. The van der Waals surface area contributed by atoms with E-state index in [1.54, 1.807) is 4.68 Å². The molecule has 1 aromatic heterocycles. The molecule has 0 bridgehead atoms. The summed E-state index contributed by atoms with van der Waals surface area (Å²) in [6.45, 7) is 4.68. The van der Waals surface area contributed by atoms with Gasteiger partial charge >= 0.3 is 0 Å². The minimum atomic E-state index is -0.138. The minimum Gasteiger partial charge on any atom is -0.378 e. The Morgan fingerprint density at radius 2 is 2.00 bits per heavy atom. The second kappa shape index (κ2) is 7.76. The highest BCUT2D eigenvalue weighted by molar-refractivity contribution is 5.76. The highest BCUT2D eigenvalue weighted by Crippen LogP contribution is 2.14. The lowest BCUT2D eigenvalue weighted by Gasteiger charge is -2.14. The van der Waals surface area contributed by atoms with Crippen LogP contribution in [0.4, 0.5) is 5.69 Å². The minimum absolute atomic E-state index is 0.0276. The topological polar surface area (TPSA) is 63.1 Å². The lowest BCUT2D eigenvalue weighted by Crippen LogP contribution is -2.29. The van der Waals surface area contributed by atoms with Crippen molar-refractivity contribution >= 4 is 11.6 Å². The van der Waals surface area contributed by atoms with Crippen molar-refractivity contribution in [3.8, 4) is 0 Å². The number of benzene rings is 1. The average Bonchev–Trinajstić information content (AvgIpc) is 3.02. The number of hydrogen-bond donors (Lipinski definition) is 1. The van der Waals surface area contributed by atoms with Gasteiger partial charge in [0.2, 0.25) is 5.91 Å². The summed E-state index contributed by atoms with van der Waals surface area (Å²) in [6.07, 6.45) is 2.71. The van der Waals surface area contributed by atoms with E-state index in [-0.39, 0.29) is 11.9 Å². The first-order valence-corrected chi connectivity index (χ1v) is 7.94. The van der Waals surface area contributed by atoms with Crippen molar-refractivity contribution in [2.24, 2.45) is 0 Å². The summed E-state index contributed by atoms with van der Waals surface area (Å²) in [5, 5.41) is 7.12. The van der Waals surface area contributed by atoms with Crippen LogP contribution in [-0.4, -0.2) is 34.8 Å². The SMILES string of the molecule is CCn1ncnc1C(C)NC(=O)CCc1ccc(N(C)C)cc1. The Balaban J connectivity index is 1.85. The second-order valence-corrected chi connectivity index (χ2v) is 5.78. The van der Waals surface area contributed by atoms with Gasteiger partial charge in [-0.05, 0) is 38.0 Å². The zero-order chi connectivity index (χ0) is 16.8. The van der Waals surface area contributed by atoms with Crippen LogP contribution in [0.1, 0.15) is 37.7 Å². The Kier molecular flexibility index (Phi) is 5.73. The van der Waals surface area contributed by atoms with Gasteiger partial charge in [-0.2, -0.15) is 5.10 Å². The third-order valence-electron chi connectivity index (χ3n) is 3.80. The number of nitrogens with one attached hydrogen (secondary N) is 1. The third kappa shape index (κ3) is 4.55. The molecule has 2 aromatic rings. The van der Waals surface area contributed by atoms with Crippen LogP contribution in [0.25, 0.3) is 0 Å². The Morgan fingerprint density at radius 3 is 2.61 bits per heavy atom. The molecule has 0 radical (unpaired) electrons. The maximum atomic E-state index is 12.1. The van der Waals surface area contributed by atoms with Crippen molar-refractivity contribution < 1.29 is 4.79 Å². The summed E-state index contributed by atoms with van der Waals surface area (Å²) in [7, 11) is 4.03. The van der Waals surface area contributed by atoms with Crippen molar-refractivity contribution in [1.29, 1.82) is 0 Å². The summed E-state index contributed by atoms with van der Waals surface area (Å²) >= 11 is 0. The first-order valence-electron chi connectivity index (χ1n) is 7.94. The molecule has 0 saturated heterocycles. The zero-order valence-electron chi connectivity index (χ0n) is 14.3. The summed E-state index contributed by atoms with van der Waals surface area (Å²) in [6, 6.07) is 8.14. The van der Waals surface area contributed by atoms with Crippen LogP contribution in [0.2, 0.25) is 0 Å². The fourth-order valence-electron chi connectivity index (χ4n) is 2.45. The number of aryl methyl sites for hydroxylation is 2. The van der Waals surface area contributed by atoms with Crippen LogP contribution in [-0.2, 0) is 17.8 Å². The van der Waals surface area contributed by atoms with E-state index in [1.807, 2.05) is 27.9 Å². The van der Waals surface area contributed by atoms with Crippen LogP contribution in [0, 0.1) is 0 Å². The van der Waals surface area contributed by atoms with Crippen LogP contribution in [0.5, 0.6) is 0 Å². The number of aromatic nitrogens is 3. The van der Waals surface area contributed by atoms with Crippen molar-refractivity contribution in [1.82, 2.24) is 20.1 Å². The molecule has 1 heterocycles. The first kappa shape index (κ1) is 17.0. The fraction of sp³-hybridized carbons (Fsp3) is 0.471. The molecular formula is C17H25N5O. The largest absolute Gasteiger partial charge is 0.378 e. The van der Waals surface area contributed by atoms with E-state index >= 15 is 0 Å². The summed E-state index contributed by atoms with van der Waals surface area (Å²) in [4.78, 5) is 18.4. The molecule has 0 aliphatic rings.